The van der Waals surface area contributed by atoms with Crippen molar-refractivity contribution < 1.29 is 22.4 Å². The maximum Gasteiger partial charge on any atom is 0.416 e. The van der Waals surface area contributed by atoms with Crippen LogP contribution in [0.2, 0.25) is 0 Å². The average molecular weight is 283 g/mol. The van der Waals surface area contributed by atoms with Gasteiger partial charge in [0.25, 0.3) is 5.91 Å². The van der Waals surface area contributed by atoms with Gasteiger partial charge >= 0.3 is 6.18 Å². The Balaban J connectivity index is 2.06. The summed E-state index contributed by atoms with van der Waals surface area (Å²) in [5.74, 6) is 0.118. The number of amides is 1. The minimum absolute atomic E-state index is 0.163. The third-order valence-corrected chi connectivity index (χ3v) is 2.79. The van der Waals surface area contributed by atoms with Crippen molar-refractivity contribution in [2.75, 3.05) is 0 Å². The summed E-state index contributed by atoms with van der Waals surface area (Å²) in [6, 6.07) is 7.09. The molecule has 0 bridgehead atoms. The molecular formula is C14H12F3NO2. The molecule has 1 heterocycles. The fraction of sp³-hybridized carbons (Fsp3) is 0.214. The number of nitrogens with one attached hydrogen (secondary N) is 1. The topological polar surface area (TPSA) is 42.2 Å². The lowest BCUT2D eigenvalue weighted by molar-refractivity contribution is -0.137. The Morgan fingerprint density at radius 3 is 2.35 bits per heavy atom. The zero-order valence-electron chi connectivity index (χ0n) is 10.6. The van der Waals surface area contributed by atoms with Gasteiger partial charge in [0.1, 0.15) is 5.76 Å². The molecule has 0 spiro atoms. The van der Waals surface area contributed by atoms with Crippen LogP contribution in [-0.2, 0) is 6.18 Å². The highest BCUT2D eigenvalue weighted by atomic mass is 19.4. The highest BCUT2D eigenvalue weighted by molar-refractivity contribution is 5.94. The van der Waals surface area contributed by atoms with Gasteiger partial charge in [-0.15, -0.1) is 0 Å². The first-order chi connectivity index (χ1) is 9.38. The van der Waals surface area contributed by atoms with E-state index in [9.17, 15) is 18.0 Å². The molecule has 1 amide bonds. The Bertz CT molecular complexity index is 573. The zero-order valence-corrected chi connectivity index (χ0v) is 10.6. The lowest BCUT2D eigenvalue weighted by Gasteiger charge is -2.12. The standard InChI is InChI=1S/C14H12F3NO2/c1-9(12-3-2-8-20-12)18-13(19)10-4-6-11(7-5-10)14(15,16)17/h2-9H,1H3,(H,18,19)/t9-/m0/s1. The molecule has 20 heavy (non-hydrogen) atoms. The quantitative estimate of drug-likeness (QED) is 0.931. The Morgan fingerprint density at radius 2 is 1.85 bits per heavy atom. The molecule has 1 aromatic carbocycles. The number of benzene rings is 1. The van der Waals surface area contributed by atoms with Crippen LogP contribution in [0.4, 0.5) is 13.2 Å². The normalized spacial score (nSPS) is 13.0. The van der Waals surface area contributed by atoms with Gasteiger partial charge in [0, 0.05) is 5.56 Å². The molecule has 0 unspecified atom stereocenters. The summed E-state index contributed by atoms with van der Waals surface area (Å²) in [5.41, 5.74) is -0.621. The van der Waals surface area contributed by atoms with Gasteiger partial charge < -0.3 is 9.73 Å². The second-order valence-electron chi connectivity index (χ2n) is 4.29. The lowest BCUT2D eigenvalue weighted by Crippen LogP contribution is -2.26. The predicted octanol–water partition coefficient (Wildman–Crippen LogP) is 3.79. The highest BCUT2D eigenvalue weighted by Gasteiger charge is 2.30. The molecule has 1 aromatic heterocycles. The van der Waals surface area contributed by atoms with Crippen LogP contribution < -0.4 is 5.32 Å². The molecule has 0 saturated heterocycles. The molecule has 2 aromatic rings. The second-order valence-corrected chi connectivity index (χ2v) is 4.29. The number of carbonyl (C=O) groups excluding carboxylic acids is 1. The van der Waals surface area contributed by atoms with Crippen LogP contribution in [0.1, 0.15) is 34.6 Å². The van der Waals surface area contributed by atoms with Crippen LogP contribution in [-0.4, -0.2) is 5.91 Å². The first-order valence-corrected chi connectivity index (χ1v) is 5.89. The van der Waals surface area contributed by atoms with Crippen LogP contribution in [0.25, 0.3) is 0 Å². The minimum Gasteiger partial charge on any atom is -0.467 e. The van der Waals surface area contributed by atoms with E-state index < -0.39 is 17.6 Å². The Morgan fingerprint density at radius 1 is 1.20 bits per heavy atom. The van der Waals surface area contributed by atoms with Gasteiger partial charge in [-0.05, 0) is 43.3 Å². The van der Waals surface area contributed by atoms with Gasteiger partial charge in [-0.1, -0.05) is 0 Å². The molecule has 6 heteroatoms. The Hall–Kier alpha value is -2.24. The van der Waals surface area contributed by atoms with Crippen molar-refractivity contribution in [1.29, 1.82) is 0 Å². The van der Waals surface area contributed by atoms with Gasteiger partial charge in [-0.2, -0.15) is 13.2 Å². The molecule has 0 aliphatic rings. The van der Waals surface area contributed by atoms with Crippen molar-refractivity contribution in [2.24, 2.45) is 0 Å². The Labute approximate surface area is 113 Å². The maximum absolute atomic E-state index is 12.4. The molecule has 106 valence electrons. The van der Waals surface area contributed by atoms with Crippen LogP contribution >= 0.6 is 0 Å². The fourth-order valence-electron chi connectivity index (χ4n) is 1.70. The van der Waals surface area contributed by atoms with Gasteiger partial charge in [-0.25, -0.2) is 0 Å². The fourth-order valence-corrected chi connectivity index (χ4v) is 1.70. The number of hydrogen-bond donors (Lipinski definition) is 1. The van der Waals surface area contributed by atoms with Crippen molar-refractivity contribution >= 4 is 5.91 Å². The minimum atomic E-state index is -4.41. The summed E-state index contributed by atoms with van der Waals surface area (Å²) in [5, 5.41) is 2.64. The summed E-state index contributed by atoms with van der Waals surface area (Å²) < 4.78 is 42.3. The van der Waals surface area contributed by atoms with E-state index in [1.54, 1.807) is 19.1 Å². The van der Waals surface area contributed by atoms with E-state index in [-0.39, 0.29) is 11.6 Å². The SMILES string of the molecule is C[C@H](NC(=O)c1ccc(C(F)(F)F)cc1)c1ccco1. The van der Waals surface area contributed by atoms with E-state index in [1.165, 1.54) is 6.26 Å². The van der Waals surface area contributed by atoms with Crippen molar-refractivity contribution in [3.63, 3.8) is 0 Å². The lowest BCUT2D eigenvalue weighted by atomic mass is 10.1. The molecule has 0 saturated carbocycles. The summed E-state index contributed by atoms with van der Waals surface area (Å²) >= 11 is 0. The van der Waals surface area contributed by atoms with E-state index in [0.29, 0.717) is 5.76 Å². The molecule has 2 rings (SSSR count). The number of rotatable bonds is 3. The number of halogens is 3. The number of alkyl halides is 3. The van der Waals surface area contributed by atoms with E-state index in [2.05, 4.69) is 5.32 Å². The van der Waals surface area contributed by atoms with Crippen molar-refractivity contribution in [1.82, 2.24) is 5.32 Å². The maximum atomic E-state index is 12.4. The third kappa shape index (κ3) is 3.20. The van der Waals surface area contributed by atoms with E-state index in [1.807, 2.05) is 0 Å². The van der Waals surface area contributed by atoms with Crippen molar-refractivity contribution in [3.8, 4) is 0 Å². The number of furan rings is 1. The van der Waals surface area contributed by atoms with Crippen molar-refractivity contribution in [3.05, 3.63) is 59.5 Å². The second kappa shape index (κ2) is 5.40. The van der Waals surface area contributed by atoms with Gasteiger partial charge in [0.2, 0.25) is 0 Å². The summed E-state index contributed by atoms with van der Waals surface area (Å²) in [6.07, 6.45) is -2.92. The zero-order chi connectivity index (χ0) is 14.8. The molecule has 1 atom stereocenters. The van der Waals surface area contributed by atoms with Gasteiger partial charge in [0.05, 0.1) is 17.9 Å². The summed E-state index contributed by atoms with van der Waals surface area (Å²) in [7, 11) is 0. The molecule has 3 nitrogen and oxygen atoms in total. The summed E-state index contributed by atoms with van der Waals surface area (Å²) in [4.78, 5) is 11.9. The molecule has 0 fully saturated rings. The number of hydrogen-bond acceptors (Lipinski definition) is 2. The summed E-state index contributed by atoms with van der Waals surface area (Å²) in [6.45, 7) is 1.72. The van der Waals surface area contributed by atoms with Crippen LogP contribution in [0.3, 0.4) is 0 Å². The first kappa shape index (κ1) is 14.2. The molecule has 0 radical (unpaired) electrons. The van der Waals surface area contributed by atoms with E-state index in [0.717, 1.165) is 24.3 Å². The monoisotopic (exact) mass is 283 g/mol. The Kier molecular flexibility index (Phi) is 3.83. The smallest absolute Gasteiger partial charge is 0.416 e. The van der Waals surface area contributed by atoms with E-state index in [4.69, 9.17) is 4.42 Å². The molecule has 1 N–H and O–H groups in total. The molecule has 0 aliphatic carbocycles. The average Bonchev–Trinajstić information content (AvgIpc) is 2.91. The molecule has 0 aliphatic heterocycles. The van der Waals surface area contributed by atoms with Crippen LogP contribution in [0, 0.1) is 0 Å². The third-order valence-electron chi connectivity index (χ3n) is 2.79. The van der Waals surface area contributed by atoms with Crippen molar-refractivity contribution in [2.45, 2.75) is 19.1 Å². The molecular weight excluding hydrogens is 271 g/mol. The first-order valence-electron chi connectivity index (χ1n) is 5.89. The largest absolute Gasteiger partial charge is 0.467 e. The van der Waals surface area contributed by atoms with Crippen LogP contribution in [0.15, 0.2) is 47.1 Å². The van der Waals surface area contributed by atoms with Crippen LogP contribution in [0.5, 0.6) is 0 Å². The van der Waals surface area contributed by atoms with Gasteiger partial charge in [-0.3, -0.25) is 4.79 Å². The predicted molar refractivity (Wildman–Crippen MR) is 66.0 cm³/mol. The highest BCUT2D eigenvalue weighted by Crippen LogP contribution is 2.29. The number of carbonyl (C=O) groups is 1. The van der Waals surface area contributed by atoms with E-state index >= 15 is 0 Å². The van der Waals surface area contributed by atoms with Gasteiger partial charge in [0.15, 0.2) is 0 Å².